The molecule has 1 amide bonds. The van der Waals surface area contributed by atoms with Crippen molar-refractivity contribution in [2.24, 2.45) is 0 Å². The van der Waals surface area contributed by atoms with E-state index < -0.39 is 0 Å². The van der Waals surface area contributed by atoms with Crippen molar-refractivity contribution >= 4 is 29.0 Å². The second kappa shape index (κ2) is 10.5. The first-order valence-electron chi connectivity index (χ1n) is 10.0. The summed E-state index contributed by atoms with van der Waals surface area (Å²) in [5, 5.41) is 15.2. The number of para-hydroxylation sites is 1. The van der Waals surface area contributed by atoms with E-state index in [1.54, 1.807) is 29.5 Å². The Morgan fingerprint density at radius 1 is 1.12 bits per heavy atom. The van der Waals surface area contributed by atoms with Crippen molar-refractivity contribution in [1.82, 2.24) is 34.9 Å². The van der Waals surface area contributed by atoms with Crippen LogP contribution in [0.5, 0.6) is 0 Å². The van der Waals surface area contributed by atoms with E-state index in [9.17, 15) is 4.79 Å². The Hall–Kier alpha value is -3.08. The number of nitrogens with one attached hydrogen (secondary N) is 1. The lowest BCUT2D eigenvalue weighted by Gasteiger charge is -2.10. The van der Waals surface area contributed by atoms with Gasteiger partial charge in [0.05, 0.1) is 5.75 Å². The Balaban J connectivity index is 1.50. The average molecular weight is 466 g/mol. The van der Waals surface area contributed by atoms with E-state index in [0.717, 1.165) is 33.8 Å². The summed E-state index contributed by atoms with van der Waals surface area (Å²) in [7, 11) is 3.94. The first-order chi connectivity index (χ1) is 15.6. The van der Waals surface area contributed by atoms with Gasteiger partial charge in [-0.2, -0.15) is 0 Å². The molecule has 0 spiro atoms. The van der Waals surface area contributed by atoms with Gasteiger partial charge in [0, 0.05) is 42.1 Å². The number of thiazole rings is 1. The molecule has 8 nitrogen and oxygen atoms in total. The van der Waals surface area contributed by atoms with E-state index in [1.807, 2.05) is 66.0 Å². The van der Waals surface area contributed by atoms with Crippen LogP contribution in [0.1, 0.15) is 15.5 Å². The molecule has 0 fully saturated rings. The van der Waals surface area contributed by atoms with Crippen molar-refractivity contribution in [3.8, 4) is 17.1 Å². The summed E-state index contributed by atoms with van der Waals surface area (Å²) in [5.41, 5.74) is 2.37. The van der Waals surface area contributed by atoms with Crippen molar-refractivity contribution in [3.05, 3.63) is 70.9 Å². The van der Waals surface area contributed by atoms with Crippen LogP contribution in [0, 0.1) is 0 Å². The number of carbonyl (C=O) groups excluding carboxylic acids is 1. The third-order valence-electron chi connectivity index (χ3n) is 4.54. The quantitative estimate of drug-likeness (QED) is 0.379. The number of likely N-dealkylation sites (N-methyl/N-ethyl adjacent to an activating group) is 1. The molecule has 0 aliphatic heterocycles. The number of aromatic nitrogens is 5. The molecular formula is C22H23N7OS2. The predicted molar refractivity (Wildman–Crippen MR) is 127 cm³/mol. The molecule has 3 aromatic heterocycles. The van der Waals surface area contributed by atoms with Crippen LogP contribution in [0.3, 0.4) is 0 Å². The van der Waals surface area contributed by atoms with E-state index in [4.69, 9.17) is 0 Å². The van der Waals surface area contributed by atoms with Gasteiger partial charge in [-0.15, -0.1) is 21.5 Å². The van der Waals surface area contributed by atoms with Gasteiger partial charge in [0.15, 0.2) is 11.0 Å². The number of hydrogen-bond acceptors (Lipinski definition) is 8. The number of nitrogens with zero attached hydrogens (tertiary/aromatic N) is 6. The second-order valence-corrected chi connectivity index (χ2v) is 9.07. The molecule has 10 heteroatoms. The molecule has 0 saturated heterocycles. The highest BCUT2D eigenvalue weighted by Crippen LogP contribution is 2.30. The summed E-state index contributed by atoms with van der Waals surface area (Å²) < 4.78 is 2.03. The number of thioether (sulfide) groups is 1. The molecule has 0 bridgehead atoms. The third-order valence-corrected chi connectivity index (χ3v) is 6.51. The minimum atomic E-state index is -0.147. The fourth-order valence-corrected chi connectivity index (χ4v) is 4.70. The Morgan fingerprint density at radius 2 is 1.91 bits per heavy atom. The molecule has 164 valence electrons. The van der Waals surface area contributed by atoms with Crippen LogP contribution in [-0.2, 0) is 5.75 Å². The Morgan fingerprint density at radius 3 is 2.66 bits per heavy atom. The third kappa shape index (κ3) is 5.39. The zero-order valence-corrected chi connectivity index (χ0v) is 19.4. The lowest BCUT2D eigenvalue weighted by atomic mass is 10.2. The van der Waals surface area contributed by atoms with Gasteiger partial charge in [0.25, 0.3) is 5.91 Å². The predicted octanol–water partition coefficient (Wildman–Crippen LogP) is 3.37. The highest BCUT2D eigenvalue weighted by molar-refractivity contribution is 7.98. The van der Waals surface area contributed by atoms with Crippen molar-refractivity contribution in [2.75, 3.05) is 27.2 Å². The largest absolute Gasteiger partial charge is 0.349 e. The SMILES string of the molecule is CN(C)CCNC(=O)c1csc(CSc2nnc(-c3ccncc3)n2-c2ccccc2)n1. The first kappa shape index (κ1) is 22.1. The minimum Gasteiger partial charge on any atom is -0.349 e. The maximum atomic E-state index is 12.3. The van der Waals surface area contributed by atoms with Gasteiger partial charge in [-0.3, -0.25) is 14.3 Å². The number of amides is 1. The van der Waals surface area contributed by atoms with Crippen LogP contribution in [-0.4, -0.2) is 62.7 Å². The van der Waals surface area contributed by atoms with Crippen molar-refractivity contribution in [2.45, 2.75) is 10.9 Å². The van der Waals surface area contributed by atoms with Crippen molar-refractivity contribution < 1.29 is 4.79 Å². The normalized spacial score (nSPS) is 11.1. The molecule has 1 N–H and O–H groups in total. The summed E-state index contributed by atoms with van der Waals surface area (Å²) in [6.07, 6.45) is 3.49. The lowest BCUT2D eigenvalue weighted by molar-refractivity contribution is 0.0946. The van der Waals surface area contributed by atoms with Crippen LogP contribution >= 0.6 is 23.1 Å². The van der Waals surface area contributed by atoms with Gasteiger partial charge in [0.2, 0.25) is 0 Å². The fraction of sp³-hybridized carbons (Fsp3) is 0.227. The van der Waals surface area contributed by atoms with Crippen molar-refractivity contribution in [3.63, 3.8) is 0 Å². The zero-order valence-electron chi connectivity index (χ0n) is 17.8. The molecule has 4 aromatic rings. The first-order valence-corrected chi connectivity index (χ1v) is 11.9. The van der Waals surface area contributed by atoms with Gasteiger partial charge in [-0.05, 0) is 38.4 Å². The van der Waals surface area contributed by atoms with Gasteiger partial charge in [0.1, 0.15) is 10.7 Å². The molecule has 0 aliphatic rings. The smallest absolute Gasteiger partial charge is 0.270 e. The van der Waals surface area contributed by atoms with Gasteiger partial charge < -0.3 is 10.2 Å². The van der Waals surface area contributed by atoms with E-state index in [1.165, 1.54) is 11.3 Å². The number of carbonyl (C=O) groups is 1. The standard InChI is InChI=1S/C22H23N7OS2/c1-28(2)13-12-24-21(30)18-14-31-19(25-18)15-32-22-27-26-20(16-8-10-23-11-9-16)29(22)17-6-4-3-5-7-17/h3-11,14H,12-13,15H2,1-2H3,(H,24,30). The van der Waals surface area contributed by atoms with E-state index in [0.29, 0.717) is 18.0 Å². The summed E-state index contributed by atoms with van der Waals surface area (Å²) in [6, 6.07) is 13.8. The van der Waals surface area contributed by atoms with Gasteiger partial charge in [-0.25, -0.2) is 4.98 Å². The van der Waals surface area contributed by atoms with E-state index in [-0.39, 0.29) is 5.91 Å². The van der Waals surface area contributed by atoms with Crippen LogP contribution < -0.4 is 5.32 Å². The molecule has 1 aromatic carbocycles. The summed E-state index contributed by atoms with van der Waals surface area (Å²) >= 11 is 3.01. The Bertz CT molecular complexity index is 1160. The number of pyridine rings is 1. The van der Waals surface area contributed by atoms with Crippen LogP contribution in [0.2, 0.25) is 0 Å². The van der Waals surface area contributed by atoms with Crippen LogP contribution in [0.25, 0.3) is 17.1 Å². The molecule has 0 atom stereocenters. The summed E-state index contributed by atoms with van der Waals surface area (Å²) in [6.45, 7) is 1.37. The molecule has 0 unspecified atom stereocenters. The maximum Gasteiger partial charge on any atom is 0.270 e. The highest BCUT2D eigenvalue weighted by Gasteiger charge is 2.17. The zero-order chi connectivity index (χ0) is 22.3. The fourth-order valence-electron chi connectivity index (χ4n) is 2.95. The van der Waals surface area contributed by atoms with Crippen LogP contribution in [0.4, 0.5) is 0 Å². The topological polar surface area (TPSA) is 88.8 Å². The number of benzene rings is 1. The van der Waals surface area contributed by atoms with Gasteiger partial charge in [-0.1, -0.05) is 30.0 Å². The number of rotatable bonds is 9. The van der Waals surface area contributed by atoms with E-state index in [2.05, 4.69) is 25.5 Å². The molecule has 0 radical (unpaired) electrons. The van der Waals surface area contributed by atoms with E-state index >= 15 is 0 Å². The minimum absolute atomic E-state index is 0.147. The highest BCUT2D eigenvalue weighted by atomic mass is 32.2. The monoisotopic (exact) mass is 465 g/mol. The molecule has 3 heterocycles. The second-order valence-electron chi connectivity index (χ2n) is 7.19. The average Bonchev–Trinajstić information content (AvgIpc) is 3.46. The van der Waals surface area contributed by atoms with Crippen molar-refractivity contribution in [1.29, 1.82) is 0 Å². The molecule has 4 rings (SSSR count). The maximum absolute atomic E-state index is 12.3. The van der Waals surface area contributed by atoms with Crippen LogP contribution in [0.15, 0.2) is 65.4 Å². The Kier molecular flexibility index (Phi) is 7.25. The molecule has 32 heavy (non-hydrogen) atoms. The molecule has 0 aliphatic carbocycles. The Labute approximate surface area is 194 Å². The molecular weight excluding hydrogens is 442 g/mol. The van der Waals surface area contributed by atoms with Gasteiger partial charge >= 0.3 is 0 Å². The number of hydrogen-bond donors (Lipinski definition) is 1. The summed E-state index contributed by atoms with van der Waals surface area (Å²) in [5.74, 6) is 1.20. The lowest BCUT2D eigenvalue weighted by Crippen LogP contribution is -2.31. The molecule has 0 saturated carbocycles. The summed E-state index contributed by atoms with van der Waals surface area (Å²) in [4.78, 5) is 22.9.